The summed E-state index contributed by atoms with van der Waals surface area (Å²) in [6.07, 6.45) is 12.8. The fraction of sp³-hybridized carbons (Fsp3) is 1.00. The Bertz CT molecular complexity index is 223. The SMILES string of the molecule is CCC1CC(N[C@@H](C)C2CCCCCC2)CCO1. The highest BCUT2D eigenvalue weighted by molar-refractivity contribution is 4.82. The van der Waals surface area contributed by atoms with Crippen molar-refractivity contribution in [3.63, 3.8) is 0 Å². The molecule has 2 unspecified atom stereocenters. The fourth-order valence-corrected chi connectivity index (χ4v) is 3.63. The van der Waals surface area contributed by atoms with Crippen molar-refractivity contribution in [2.75, 3.05) is 6.61 Å². The lowest BCUT2D eigenvalue weighted by Crippen LogP contribution is -2.45. The Morgan fingerprint density at radius 1 is 1.11 bits per heavy atom. The second-order valence-corrected chi connectivity index (χ2v) is 6.33. The van der Waals surface area contributed by atoms with E-state index in [2.05, 4.69) is 19.2 Å². The summed E-state index contributed by atoms with van der Waals surface area (Å²) >= 11 is 0. The molecule has 0 aromatic heterocycles. The van der Waals surface area contributed by atoms with Crippen molar-refractivity contribution in [2.45, 2.75) is 89.8 Å². The van der Waals surface area contributed by atoms with Crippen LogP contribution < -0.4 is 5.32 Å². The summed E-state index contributed by atoms with van der Waals surface area (Å²) in [5.74, 6) is 0.912. The van der Waals surface area contributed by atoms with Crippen LogP contribution in [0.3, 0.4) is 0 Å². The molecular weight excluding hydrogens is 222 g/mol. The lowest BCUT2D eigenvalue weighted by atomic mass is 9.91. The summed E-state index contributed by atoms with van der Waals surface area (Å²) in [7, 11) is 0. The van der Waals surface area contributed by atoms with Gasteiger partial charge in [-0.1, -0.05) is 32.6 Å². The van der Waals surface area contributed by atoms with Gasteiger partial charge in [0.15, 0.2) is 0 Å². The summed E-state index contributed by atoms with van der Waals surface area (Å²) in [5.41, 5.74) is 0. The van der Waals surface area contributed by atoms with Gasteiger partial charge >= 0.3 is 0 Å². The van der Waals surface area contributed by atoms with E-state index in [9.17, 15) is 0 Å². The topological polar surface area (TPSA) is 21.3 Å². The molecule has 1 N–H and O–H groups in total. The first kappa shape index (κ1) is 14.3. The van der Waals surface area contributed by atoms with E-state index < -0.39 is 0 Å². The molecule has 0 amide bonds. The van der Waals surface area contributed by atoms with Gasteiger partial charge in [-0.2, -0.15) is 0 Å². The Morgan fingerprint density at radius 2 is 1.83 bits per heavy atom. The standard InChI is InChI=1S/C16H31NO/c1-3-16-12-15(10-11-18-16)17-13(2)14-8-6-4-5-7-9-14/h13-17H,3-12H2,1-2H3/t13-,15?,16?/m0/s1. The third kappa shape index (κ3) is 4.24. The zero-order valence-corrected chi connectivity index (χ0v) is 12.3. The molecule has 1 saturated carbocycles. The van der Waals surface area contributed by atoms with E-state index in [1.807, 2.05) is 0 Å². The van der Waals surface area contributed by atoms with Crippen LogP contribution >= 0.6 is 0 Å². The highest BCUT2D eigenvalue weighted by Gasteiger charge is 2.25. The largest absolute Gasteiger partial charge is 0.378 e. The van der Waals surface area contributed by atoms with Gasteiger partial charge in [-0.05, 0) is 44.9 Å². The van der Waals surface area contributed by atoms with E-state index in [1.54, 1.807) is 0 Å². The van der Waals surface area contributed by atoms with Crippen molar-refractivity contribution >= 4 is 0 Å². The normalized spacial score (nSPS) is 33.0. The molecule has 0 aromatic carbocycles. The number of hydrogen-bond donors (Lipinski definition) is 1. The average molecular weight is 253 g/mol. The highest BCUT2D eigenvalue weighted by atomic mass is 16.5. The Kier molecular flexibility index (Phi) is 5.97. The minimum Gasteiger partial charge on any atom is -0.378 e. The lowest BCUT2D eigenvalue weighted by Gasteiger charge is -2.34. The van der Waals surface area contributed by atoms with Gasteiger partial charge in [0.05, 0.1) is 6.10 Å². The van der Waals surface area contributed by atoms with E-state index in [1.165, 1.54) is 51.4 Å². The summed E-state index contributed by atoms with van der Waals surface area (Å²) in [6, 6.07) is 1.39. The number of rotatable bonds is 4. The molecular formula is C16H31NO. The van der Waals surface area contributed by atoms with Crippen molar-refractivity contribution in [1.29, 1.82) is 0 Å². The Morgan fingerprint density at radius 3 is 2.50 bits per heavy atom. The number of nitrogens with one attached hydrogen (secondary N) is 1. The summed E-state index contributed by atoms with van der Waals surface area (Å²) in [6.45, 7) is 5.60. The van der Waals surface area contributed by atoms with Crippen molar-refractivity contribution in [2.24, 2.45) is 5.92 Å². The van der Waals surface area contributed by atoms with Crippen LogP contribution in [0, 0.1) is 5.92 Å². The van der Waals surface area contributed by atoms with Crippen LogP contribution in [-0.4, -0.2) is 24.8 Å². The minimum absolute atomic E-state index is 0.498. The predicted octanol–water partition coefficient (Wildman–Crippen LogP) is 3.89. The molecule has 3 atom stereocenters. The van der Waals surface area contributed by atoms with E-state index >= 15 is 0 Å². The van der Waals surface area contributed by atoms with Gasteiger partial charge < -0.3 is 10.1 Å². The van der Waals surface area contributed by atoms with Crippen molar-refractivity contribution in [3.8, 4) is 0 Å². The first-order chi connectivity index (χ1) is 8.79. The Hall–Kier alpha value is -0.0800. The fourth-order valence-electron chi connectivity index (χ4n) is 3.63. The maximum atomic E-state index is 5.76. The molecule has 2 fully saturated rings. The van der Waals surface area contributed by atoms with Gasteiger partial charge in [-0.3, -0.25) is 0 Å². The van der Waals surface area contributed by atoms with Gasteiger partial charge in [-0.15, -0.1) is 0 Å². The Labute approximate surface area is 113 Å². The summed E-state index contributed by atoms with van der Waals surface area (Å²) < 4.78 is 5.76. The molecule has 0 spiro atoms. The number of ether oxygens (including phenoxy) is 1. The average Bonchev–Trinajstić information content (AvgIpc) is 2.68. The summed E-state index contributed by atoms with van der Waals surface area (Å²) in [5, 5.41) is 3.90. The molecule has 2 heteroatoms. The van der Waals surface area contributed by atoms with E-state index in [4.69, 9.17) is 4.74 Å². The summed E-state index contributed by atoms with van der Waals surface area (Å²) in [4.78, 5) is 0. The monoisotopic (exact) mass is 253 g/mol. The van der Waals surface area contributed by atoms with Crippen molar-refractivity contribution < 1.29 is 4.74 Å². The van der Waals surface area contributed by atoms with Crippen LogP contribution in [0.4, 0.5) is 0 Å². The molecule has 1 aliphatic carbocycles. The van der Waals surface area contributed by atoms with Crippen molar-refractivity contribution in [1.82, 2.24) is 5.32 Å². The molecule has 2 nitrogen and oxygen atoms in total. The molecule has 1 saturated heterocycles. The molecule has 2 rings (SSSR count). The minimum atomic E-state index is 0.498. The second kappa shape index (κ2) is 7.49. The maximum Gasteiger partial charge on any atom is 0.0587 e. The molecule has 0 radical (unpaired) electrons. The van der Waals surface area contributed by atoms with Crippen LogP contribution in [0.25, 0.3) is 0 Å². The van der Waals surface area contributed by atoms with Crippen LogP contribution in [-0.2, 0) is 4.74 Å². The molecule has 18 heavy (non-hydrogen) atoms. The van der Waals surface area contributed by atoms with Gasteiger partial charge in [0.25, 0.3) is 0 Å². The lowest BCUT2D eigenvalue weighted by molar-refractivity contribution is -0.00301. The van der Waals surface area contributed by atoms with Crippen LogP contribution in [0.1, 0.15) is 71.6 Å². The molecule has 106 valence electrons. The van der Waals surface area contributed by atoms with Crippen LogP contribution in [0.5, 0.6) is 0 Å². The maximum absolute atomic E-state index is 5.76. The highest BCUT2D eigenvalue weighted by Crippen LogP contribution is 2.26. The predicted molar refractivity (Wildman–Crippen MR) is 76.8 cm³/mol. The van der Waals surface area contributed by atoms with E-state index in [-0.39, 0.29) is 0 Å². The first-order valence-corrected chi connectivity index (χ1v) is 8.17. The van der Waals surface area contributed by atoms with Crippen molar-refractivity contribution in [3.05, 3.63) is 0 Å². The van der Waals surface area contributed by atoms with E-state index in [0.29, 0.717) is 18.2 Å². The van der Waals surface area contributed by atoms with E-state index in [0.717, 1.165) is 18.9 Å². The molecule has 1 aliphatic heterocycles. The van der Waals surface area contributed by atoms with Crippen LogP contribution in [0.15, 0.2) is 0 Å². The third-order valence-corrected chi connectivity index (χ3v) is 4.93. The zero-order valence-electron chi connectivity index (χ0n) is 12.3. The van der Waals surface area contributed by atoms with Crippen LogP contribution in [0.2, 0.25) is 0 Å². The zero-order chi connectivity index (χ0) is 12.8. The Balaban J connectivity index is 1.76. The quantitative estimate of drug-likeness (QED) is 0.767. The third-order valence-electron chi connectivity index (χ3n) is 4.93. The van der Waals surface area contributed by atoms with Gasteiger partial charge in [0.1, 0.15) is 0 Å². The molecule has 1 heterocycles. The second-order valence-electron chi connectivity index (χ2n) is 6.33. The van der Waals surface area contributed by atoms with Gasteiger partial charge in [0.2, 0.25) is 0 Å². The first-order valence-electron chi connectivity index (χ1n) is 8.17. The molecule has 2 aliphatic rings. The smallest absolute Gasteiger partial charge is 0.0587 e. The molecule has 0 bridgehead atoms. The number of hydrogen-bond acceptors (Lipinski definition) is 2. The van der Waals surface area contributed by atoms with Gasteiger partial charge in [0, 0.05) is 18.7 Å². The molecule has 0 aromatic rings. The van der Waals surface area contributed by atoms with Gasteiger partial charge in [-0.25, -0.2) is 0 Å².